The third-order valence-corrected chi connectivity index (χ3v) is 7.11. The topological polar surface area (TPSA) is 90.1 Å². The van der Waals surface area contributed by atoms with Crippen molar-refractivity contribution >= 4 is 50.9 Å². The van der Waals surface area contributed by atoms with Crippen molar-refractivity contribution in [2.45, 2.75) is 19.9 Å². The molecule has 0 fully saturated rings. The molecule has 0 bridgehead atoms. The number of phenols is 1. The largest absolute Gasteiger partial charge is 0.503 e. The van der Waals surface area contributed by atoms with E-state index in [0.29, 0.717) is 41.2 Å². The summed E-state index contributed by atoms with van der Waals surface area (Å²) in [6, 6.07) is 9.59. The summed E-state index contributed by atoms with van der Waals surface area (Å²) in [7, 11) is 1.45. The van der Waals surface area contributed by atoms with Crippen LogP contribution in [0.15, 0.2) is 61.9 Å². The van der Waals surface area contributed by atoms with Crippen molar-refractivity contribution in [1.29, 1.82) is 0 Å². The van der Waals surface area contributed by atoms with Crippen LogP contribution in [0.1, 0.15) is 31.0 Å². The van der Waals surface area contributed by atoms with E-state index in [1.54, 1.807) is 56.3 Å². The standard InChI is InChI=1S/C24H20BrClN2O5S/c1-4-33-23(31)19-12(2)27-24-28(20(19)14-5-7-15(26)8-6-14)22(30)18(34-24)11-13-9-16(25)21(29)17(10-13)32-3/h5-11,20,29H,4H2,1-3H3/b18-11-/t20-/m0/s1. The highest BCUT2D eigenvalue weighted by atomic mass is 79.9. The van der Waals surface area contributed by atoms with Crippen LogP contribution in [0.25, 0.3) is 6.08 Å². The van der Waals surface area contributed by atoms with Gasteiger partial charge in [0.05, 0.1) is 40.0 Å². The Balaban J connectivity index is 1.95. The van der Waals surface area contributed by atoms with Crippen LogP contribution in [0.4, 0.5) is 0 Å². The maximum absolute atomic E-state index is 13.6. The minimum Gasteiger partial charge on any atom is -0.503 e. The molecule has 2 heterocycles. The van der Waals surface area contributed by atoms with Crippen molar-refractivity contribution < 1.29 is 19.4 Å². The molecule has 0 saturated carbocycles. The second-order valence-electron chi connectivity index (χ2n) is 7.41. The van der Waals surface area contributed by atoms with Crippen molar-refractivity contribution in [3.63, 3.8) is 0 Å². The maximum Gasteiger partial charge on any atom is 0.338 e. The Morgan fingerprint density at radius 1 is 1.32 bits per heavy atom. The van der Waals surface area contributed by atoms with Gasteiger partial charge in [0.15, 0.2) is 16.3 Å². The Bertz CT molecular complexity index is 1490. The minimum atomic E-state index is -0.712. The predicted molar refractivity (Wildman–Crippen MR) is 134 cm³/mol. The molecule has 34 heavy (non-hydrogen) atoms. The first-order valence-electron chi connectivity index (χ1n) is 10.3. The number of esters is 1. The Morgan fingerprint density at radius 3 is 2.68 bits per heavy atom. The van der Waals surface area contributed by atoms with Gasteiger partial charge in [-0.3, -0.25) is 9.36 Å². The molecule has 0 radical (unpaired) electrons. The Morgan fingerprint density at radius 2 is 2.03 bits per heavy atom. The molecule has 10 heteroatoms. The number of aromatic nitrogens is 1. The third-order valence-electron chi connectivity index (χ3n) is 5.27. The lowest BCUT2D eigenvalue weighted by atomic mass is 9.96. The molecule has 0 saturated heterocycles. The number of halogens is 2. The quantitative estimate of drug-likeness (QED) is 0.475. The zero-order chi connectivity index (χ0) is 24.6. The van der Waals surface area contributed by atoms with E-state index in [9.17, 15) is 14.7 Å². The van der Waals surface area contributed by atoms with Gasteiger partial charge in [-0.15, -0.1) is 0 Å². The summed E-state index contributed by atoms with van der Waals surface area (Å²) in [6.07, 6.45) is 1.69. The average molecular weight is 564 g/mol. The molecule has 4 rings (SSSR count). The summed E-state index contributed by atoms with van der Waals surface area (Å²) >= 11 is 10.6. The number of allylic oxidation sites excluding steroid dienone is 1. The normalized spacial score (nSPS) is 15.7. The van der Waals surface area contributed by atoms with Crippen molar-refractivity contribution in [2.24, 2.45) is 4.99 Å². The number of rotatable bonds is 5. The number of aromatic hydroxyl groups is 1. The number of carbonyl (C=O) groups is 1. The average Bonchev–Trinajstić information content (AvgIpc) is 3.10. The Kier molecular flexibility index (Phi) is 6.97. The molecule has 1 aliphatic rings. The molecule has 0 aliphatic carbocycles. The molecule has 7 nitrogen and oxygen atoms in total. The number of nitrogens with zero attached hydrogens (tertiary/aromatic N) is 2. The highest BCUT2D eigenvalue weighted by Gasteiger charge is 2.33. The van der Waals surface area contributed by atoms with Crippen LogP contribution in [0, 0.1) is 0 Å². The molecule has 0 amide bonds. The number of benzene rings is 2. The molecule has 1 aromatic heterocycles. The second-order valence-corrected chi connectivity index (χ2v) is 9.71. The van der Waals surface area contributed by atoms with Gasteiger partial charge in [0.2, 0.25) is 0 Å². The number of hydrogen-bond acceptors (Lipinski definition) is 7. The fourth-order valence-corrected chi connectivity index (χ4v) is 5.37. The fourth-order valence-electron chi connectivity index (χ4n) is 3.74. The molecule has 176 valence electrons. The van der Waals surface area contributed by atoms with Gasteiger partial charge in [0, 0.05) is 5.02 Å². The molecule has 1 N–H and O–H groups in total. The van der Waals surface area contributed by atoms with Gasteiger partial charge in [0.1, 0.15) is 0 Å². The smallest absolute Gasteiger partial charge is 0.338 e. The molecule has 0 unspecified atom stereocenters. The number of methoxy groups -OCH3 is 1. The number of ether oxygens (including phenoxy) is 2. The van der Waals surface area contributed by atoms with Gasteiger partial charge in [-0.05, 0) is 71.2 Å². The molecule has 0 spiro atoms. The summed E-state index contributed by atoms with van der Waals surface area (Å²) in [6.45, 7) is 3.66. The van der Waals surface area contributed by atoms with Crippen molar-refractivity contribution in [2.75, 3.05) is 13.7 Å². The number of phenolic OH excluding ortho intramolecular Hbond substituents is 1. The van der Waals surface area contributed by atoms with Crippen LogP contribution in [0.3, 0.4) is 0 Å². The van der Waals surface area contributed by atoms with Gasteiger partial charge < -0.3 is 14.6 Å². The lowest BCUT2D eigenvalue weighted by molar-refractivity contribution is -0.139. The van der Waals surface area contributed by atoms with E-state index in [-0.39, 0.29) is 23.7 Å². The zero-order valence-electron chi connectivity index (χ0n) is 18.5. The monoisotopic (exact) mass is 562 g/mol. The van der Waals surface area contributed by atoms with Crippen LogP contribution in [0.2, 0.25) is 5.02 Å². The Labute approximate surface area is 212 Å². The highest BCUT2D eigenvalue weighted by Crippen LogP contribution is 2.35. The van der Waals surface area contributed by atoms with Gasteiger partial charge in [0.25, 0.3) is 5.56 Å². The Hall–Kier alpha value is -2.88. The molecule has 2 aromatic carbocycles. The fraction of sp³-hybridized carbons (Fsp3) is 0.208. The summed E-state index contributed by atoms with van der Waals surface area (Å²) in [5, 5.41) is 10.6. The van der Waals surface area contributed by atoms with E-state index in [2.05, 4.69) is 20.9 Å². The van der Waals surface area contributed by atoms with Gasteiger partial charge in [-0.1, -0.05) is 35.1 Å². The van der Waals surface area contributed by atoms with Crippen molar-refractivity contribution in [1.82, 2.24) is 4.57 Å². The second kappa shape index (κ2) is 9.77. The number of thiazole rings is 1. The SMILES string of the molecule is CCOC(=O)C1=C(C)N=c2s/c(=C\c3cc(Br)c(O)c(OC)c3)c(=O)n2[C@H]1c1ccc(Cl)cc1. The van der Waals surface area contributed by atoms with E-state index in [4.69, 9.17) is 21.1 Å². The molecule has 1 atom stereocenters. The first-order valence-corrected chi connectivity index (χ1v) is 12.3. The first kappa shape index (κ1) is 24.3. The van der Waals surface area contributed by atoms with Crippen LogP contribution in [-0.2, 0) is 9.53 Å². The maximum atomic E-state index is 13.6. The summed E-state index contributed by atoms with van der Waals surface area (Å²) in [5.41, 5.74) is 1.85. The molecule has 3 aromatic rings. The lowest BCUT2D eigenvalue weighted by Crippen LogP contribution is -2.39. The predicted octanol–water partition coefficient (Wildman–Crippen LogP) is 3.93. The third kappa shape index (κ3) is 4.43. The minimum absolute atomic E-state index is 0.0291. The molecular formula is C24H20BrClN2O5S. The van der Waals surface area contributed by atoms with E-state index >= 15 is 0 Å². The number of hydrogen-bond donors (Lipinski definition) is 1. The lowest BCUT2D eigenvalue weighted by Gasteiger charge is -2.24. The van der Waals surface area contributed by atoms with Crippen LogP contribution < -0.4 is 19.6 Å². The van der Waals surface area contributed by atoms with E-state index in [1.165, 1.54) is 23.0 Å². The van der Waals surface area contributed by atoms with Crippen LogP contribution in [0.5, 0.6) is 11.5 Å². The van der Waals surface area contributed by atoms with Crippen LogP contribution in [-0.4, -0.2) is 29.4 Å². The first-order chi connectivity index (χ1) is 16.2. The highest BCUT2D eigenvalue weighted by molar-refractivity contribution is 9.10. The van der Waals surface area contributed by atoms with Crippen molar-refractivity contribution in [3.05, 3.63) is 88.0 Å². The molecular weight excluding hydrogens is 544 g/mol. The van der Waals surface area contributed by atoms with Gasteiger partial charge in [-0.25, -0.2) is 9.79 Å². The summed E-state index contributed by atoms with van der Waals surface area (Å²) in [4.78, 5) is 31.5. The number of carbonyl (C=O) groups excluding carboxylic acids is 1. The number of fused-ring (bicyclic) bond motifs is 1. The molecule has 1 aliphatic heterocycles. The van der Waals surface area contributed by atoms with E-state index < -0.39 is 12.0 Å². The van der Waals surface area contributed by atoms with Crippen LogP contribution >= 0.6 is 38.9 Å². The van der Waals surface area contributed by atoms with Gasteiger partial charge >= 0.3 is 5.97 Å². The van der Waals surface area contributed by atoms with E-state index in [0.717, 1.165) is 0 Å². The zero-order valence-corrected chi connectivity index (χ0v) is 21.6. The van der Waals surface area contributed by atoms with Gasteiger partial charge in [-0.2, -0.15) is 0 Å². The van der Waals surface area contributed by atoms with E-state index in [1.807, 2.05) is 0 Å². The van der Waals surface area contributed by atoms with Crippen molar-refractivity contribution in [3.8, 4) is 11.5 Å². The summed E-state index contributed by atoms with van der Waals surface area (Å²) < 4.78 is 12.9. The summed E-state index contributed by atoms with van der Waals surface area (Å²) in [5.74, 6) is -0.281.